The summed E-state index contributed by atoms with van der Waals surface area (Å²) in [6.45, 7) is 0. The van der Waals surface area contributed by atoms with Crippen molar-refractivity contribution in [2.24, 2.45) is 0 Å². The first-order valence-electron chi connectivity index (χ1n) is 5.67. The van der Waals surface area contributed by atoms with Gasteiger partial charge < -0.3 is 5.11 Å². The van der Waals surface area contributed by atoms with Gasteiger partial charge in [0.05, 0.1) is 0 Å². The maximum absolute atomic E-state index is 13.7. The molecule has 0 saturated heterocycles. The maximum Gasteiger partial charge on any atom is 0.455 e. The lowest BCUT2D eigenvalue weighted by Crippen LogP contribution is -2.69. The molecule has 0 spiro atoms. The summed E-state index contributed by atoms with van der Waals surface area (Å²) in [5.41, 5.74) is 0. The Kier molecular flexibility index (Phi) is 5.55. The summed E-state index contributed by atoms with van der Waals surface area (Å²) >= 11 is 0. The SMILES string of the molecule is F.O=C(O)C(F)(F)C(F)(OC1(F)C(F)(F)C(F)(F)C(F)(F)C1(F)F)C(F)(F)F. The van der Waals surface area contributed by atoms with E-state index in [9.17, 15) is 70.7 Å². The van der Waals surface area contributed by atoms with Crippen LogP contribution in [0.5, 0.6) is 0 Å². The van der Waals surface area contributed by atoms with Crippen LogP contribution in [0.25, 0.3) is 0 Å². The monoisotopic (exact) mass is 462 g/mol. The highest BCUT2D eigenvalue weighted by Gasteiger charge is 3.03. The Hall–Kier alpha value is -1.69. The van der Waals surface area contributed by atoms with E-state index in [1.165, 1.54) is 4.74 Å². The average molecular weight is 462 g/mol. The van der Waals surface area contributed by atoms with Gasteiger partial charge in [0.25, 0.3) is 0 Å². The van der Waals surface area contributed by atoms with Gasteiger partial charge in [-0.15, -0.1) is 0 Å². The molecule has 1 aliphatic rings. The zero-order valence-corrected chi connectivity index (χ0v) is 11.8. The van der Waals surface area contributed by atoms with Crippen molar-refractivity contribution in [3.05, 3.63) is 0 Å². The lowest BCUT2D eigenvalue weighted by molar-refractivity contribution is -0.477. The Morgan fingerprint density at radius 1 is 0.679 bits per heavy atom. The summed E-state index contributed by atoms with van der Waals surface area (Å²) in [4.78, 5) is 10.0. The molecule has 168 valence electrons. The van der Waals surface area contributed by atoms with Crippen molar-refractivity contribution < 1.29 is 85.2 Å². The van der Waals surface area contributed by atoms with E-state index in [1.54, 1.807) is 0 Å². The zero-order valence-electron chi connectivity index (χ0n) is 11.8. The molecule has 0 aromatic carbocycles. The van der Waals surface area contributed by atoms with Crippen molar-refractivity contribution in [1.29, 1.82) is 0 Å². The van der Waals surface area contributed by atoms with Crippen LogP contribution in [0.2, 0.25) is 0 Å². The summed E-state index contributed by atoms with van der Waals surface area (Å²) in [5.74, 6) is -57.6. The van der Waals surface area contributed by atoms with Crippen LogP contribution in [0, 0.1) is 0 Å². The van der Waals surface area contributed by atoms with Crippen LogP contribution in [0.15, 0.2) is 0 Å². The normalized spacial score (nSPS) is 26.8. The first-order valence-corrected chi connectivity index (χ1v) is 5.67. The summed E-state index contributed by atoms with van der Waals surface area (Å²) in [5, 5.41) is 7.80. The summed E-state index contributed by atoms with van der Waals surface area (Å²) in [7, 11) is 0. The molecule has 0 aliphatic heterocycles. The van der Waals surface area contributed by atoms with E-state index in [2.05, 4.69) is 0 Å². The summed E-state index contributed by atoms with van der Waals surface area (Å²) in [6.07, 6.45) is -7.67. The van der Waals surface area contributed by atoms with Crippen LogP contribution < -0.4 is 0 Å². The van der Waals surface area contributed by atoms with Crippen molar-refractivity contribution in [1.82, 2.24) is 0 Å². The van der Waals surface area contributed by atoms with Crippen LogP contribution in [-0.2, 0) is 9.53 Å². The van der Waals surface area contributed by atoms with Crippen molar-refractivity contribution >= 4 is 5.97 Å². The highest BCUT2D eigenvalue weighted by Crippen LogP contribution is 2.71. The Morgan fingerprint density at radius 3 is 1.18 bits per heavy atom. The Bertz CT molecular complexity index is 612. The fourth-order valence-electron chi connectivity index (χ4n) is 1.75. The fraction of sp³-hybridized carbons (Fsp3) is 0.889. The van der Waals surface area contributed by atoms with Gasteiger partial charge in [-0.3, -0.25) is 9.44 Å². The van der Waals surface area contributed by atoms with E-state index < -0.39 is 53.5 Å². The third kappa shape index (κ3) is 2.46. The Labute approximate surface area is 140 Å². The molecule has 0 bridgehead atoms. The molecule has 1 N–H and O–H groups in total. The minimum absolute atomic E-state index is 0. The van der Waals surface area contributed by atoms with E-state index in [4.69, 9.17) is 5.11 Å². The first-order chi connectivity index (χ1) is 11.4. The standard InChI is InChI=1S/C9HF15O3.FH/c10-2(11,1(25)26)7(20,9(22,23)24)27-8(21)5(16,17)3(12,13)4(14,15)6(8,18)19;/h(H,25,26);1H. The van der Waals surface area contributed by atoms with E-state index in [0.29, 0.717) is 0 Å². The number of ether oxygens (including phenoxy) is 1. The number of hydrogen-bond acceptors (Lipinski definition) is 2. The summed E-state index contributed by atoms with van der Waals surface area (Å²) in [6, 6.07) is 0. The number of halogens is 16. The molecule has 1 unspecified atom stereocenters. The molecule has 0 aromatic heterocycles. The molecule has 0 aromatic rings. The topological polar surface area (TPSA) is 46.5 Å². The number of alkyl halides is 15. The van der Waals surface area contributed by atoms with Gasteiger partial charge >= 0.3 is 53.5 Å². The predicted molar refractivity (Wildman–Crippen MR) is 49.7 cm³/mol. The number of carboxylic acids is 1. The highest BCUT2D eigenvalue weighted by molar-refractivity contribution is 5.77. The van der Waals surface area contributed by atoms with Gasteiger partial charge in [-0.05, 0) is 0 Å². The van der Waals surface area contributed by atoms with E-state index in [0.717, 1.165) is 0 Å². The molecule has 19 heteroatoms. The molecule has 0 heterocycles. The lowest BCUT2D eigenvalue weighted by Gasteiger charge is -2.39. The molecule has 1 atom stereocenters. The maximum atomic E-state index is 13.7. The first kappa shape index (κ1) is 26.3. The second kappa shape index (κ2) is 5.91. The van der Waals surface area contributed by atoms with Gasteiger partial charge in [0, 0.05) is 0 Å². The van der Waals surface area contributed by atoms with E-state index >= 15 is 0 Å². The van der Waals surface area contributed by atoms with Crippen molar-refractivity contribution in [3.63, 3.8) is 0 Å². The van der Waals surface area contributed by atoms with Crippen LogP contribution >= 0.6 is 0 Å². The van der Waals surface area contributed by atoms with Crippen molar-refractivity contribution in [2.45, 2.75) is 47.5 Å². The van der Waals surface area contributed by atoms with Crippen LogP contribution in [0.3, 0.4) is 0 Å². The molecule has 0 amide bonds. The van der Waals surface area contributed by atoms with Crippen LogP contribution in [-0.4, -0.2) is 58.6 Å². The molecule has 0 radical (unpaired) electrons. The van der Waals surface area contributed by atoms with Crippen LogP contribution in [0.4, 0.5) is 70.6 Å². The van der Waals surface area contributed by atoms with Gasteiger partial charge in [-0.1, -0.05) is 0 Å². The van der Waals surface area contributed by atoms with Gasteiger partial charge in [0.2, 0.25) is 0 Å². The molecule has 1 fully saturated rings. The van der Waals surface area contributed by atoms with Gasteiger partial charge in [-0.25, -0.2) is 4.79 Å². The van der Waals surface area contributed by atoms with Gasteiger partial charge in [0.1, 0.15) is 0 Å². The molecule has 3 nitrogen and oxygen atoms in total. The number of aliphatic carboxylic acids is 1. The van der Waals surface area contributed by atoms with Gasteiger partial charge in [0.15, 0.2) is 0 Å². The second-order valence-electron chi connectivity index (χ2n) is 4.97. The minimum Gasteiger partial charge on any atom is -0.477 e. The van der Waals surface area contributed by atoms with E-state index in [1.807, 2.05) is 0 Å². The molecular weight excluding hydrogens is 460 g/mol. The van der Waals surface area contributed by atoms with Crippen molar-refractivity contribution in [2.75, 3.05) is 0 Å². The molecule has 1 saturated carbocycles. The molecular formula is C9H2F16O3. The smallest absolute Gasteiger partial charge is 0.455 e. The zero-order chi connectivity index (χ0) is 22.3. The van der Waals surface area contributed by atoms with Crippen molar-refractivity contribution in [3.8, 4) is 0 Å². The van der Waals surface area contributed by atoms with E-state index in [-0.39, 0.29) is 4.70 Å². The molecule has 1 aliphatic carbocycles. The molecule has 28 heavy (non-hydrogen) atoms. The minimum atomic E-state index is -7.77. The van der Waals surface area contributed by atoms with Crippen LogP contribution in [0.1, 0.15) is 0 Å². The second-order valence-corrected chi connectivity index (χ2v) is 4.97. The third-order valence-electron chi connectivity index (χ3n) is 3.31. The largest absolute Gasteiger partial charge is 0.477 e. The Morgan fingerprint density at radius 2 is 0.964 bits per heavy atom. The number of carboxylic acid groups (broad SMARTS) is 1. The fourth-order valence-corrected chi connectivity index (χ4v) is 1.75. The quantitative estimate of drug-likeness (QED) is 0.634. The highest BCUT2D eigenvalue weighted by atomic mass is 19.4. The average Bonchev–Trinajstić information content (AvgIpc) is 2.47. The number of carbonyl (C=O) groups is 1. The predicted octanol–water partition coefficient (Wildman–Crippen LogP) is 4.32. The molecule has 1 rings (SSSR count). The lowest BCUT2D eigenvalue weighted by atomic mass is 10.1. The number of hydrogen-bond donors (Lipinski definition) is 1. The number of rotatable bonds is 4. The summed E-state index contributed by atoms with van der Waals surface area (Å²) < 4.78 is 196. The Balaban J connectivity index is 0.00000729. The third-order valence-corrected chi connectivity index (χ3v) is 3.31. The van der Waals surface area contributed by atoms with Gasteiger partial charge in [-0.2, -0.15) is 65.9 Å².